The molecule has 4 atom stereocenters. The van der Waals surface area contributed by atoms with E-state index in [0.29, 0.717) is 0 Å². The number of aromatic nitrogens is 4. The van der Waals surface area contributed by atoms with Gasteiger partial charge in [0.2, 0.25) is 0 Å². The van der Waals surface area contributed by atoms with Crippen LogP contribution in [0.5, 0.6) is 5.88 Å². The van der Waals surface area contributed by atoms with E-state index in [9.17, 15) is 19.2 Å². The Labute approximate surface area is 175 Å². The quantitative estimate of drug-likeness (QED) is 0.444. The van der Waals surface area contributed by atoms with Gasteiger partial charge < -0.3 is 23.7 Å². The van der Waals surface area contributed by atoms with Crippen molar-refractivity contribution in [3.63, 3.8) is 0 Å². The van der Waals surface area contributed by atoms with E-state index in [4.69, 9.17) is 23.7 Å². The van der Waals surface area contributed by atoms with Crippen LogP contribution in [0.3, 0.4) is 0 Å². The highest BCUT2D eigenvalue weighted by Crippen LogP contribution is 2.36. The minimum Gasteiger partial charge on any atom is -0.463 e. The fraction of sp³-hybridized carbons (Fsp3) is 0.500. The van der Waals surface area contributed by atoms with Crippen molar-refractivity contribution >= 4 is 35.0 Å². The van der Waals surface area contributed by atoms with Crippen molar-refractivity contribution in [3.05, 3.63) is 12.7 Å². The number of rotatable bonds is 6. The van der Waals surface area contributed by atoms with Crippen LogP contribution in [0, 0.1) is 0 Å². The molecule has 1 aliphatic rings. The number of hydrogen-bond acceptors (Lipinski definition) is 12. The molecule has 13 nitrogen and oxygen atoms in total. The third-order valence-electron chi connectivity index (χ3n) is 4.18. The van der Waals surface area contributed by atoms with E-state index in [1.165, 1.54) is 38.6 Å². The maximum Gasteiger partial charge on any atom is 0.309 e. The summed E-state index contributed by atoms with van der Waals surface area (Å²) >= 11 is 0. The molecule has 0 aromatic carbocycles. The molecule has 0 amide bonds. The molecule has 3 rings (SSSR count). The molecule has 0 saturated carbocycles. The minimum atomic E-state index is -1.11. The SMILES string of the molecule is CC(=O)OC[C@H]1O[C@@H](n2cnc3c(OC(C)=O)ncnc32)[C@H](OC(C)=O)[C@@H]1OC(C)=O. The maximum atomic E-state index is 11.7. The monoisotopic (exact) mass is 436 g/mol. The van der Waals surface area contributed by atoms with Gasteiger partial charge in [-0.05, 0) is 0 Å². The molecule has 1 aliphatic heterocycles. The molecule has 0 radical (unpaired) electrons. The number of nitrogens with zero attached hydrogens (tertiary/aromatic N) is 4. The standard InChI is InChI=1S/C18H20N4O9/c1-8(23)27-5-12-14(28-9(2)24)15(29-10(3)25)18(31-12)22-7-21-13-16(22)19-6-20-17(13)30-11(4)26/h6-7,12,14-15,18H,5H2,1-4H3/t12-,14-,15-,18-/m1/s1. The molecule has 31 heavy (non-hydrogen) atoms. The Hall–Kier alpha value is -3.61. The zero-order chi connectivity index (χ0) is 22.7. The Balaban J connectivity index is 2.02. The lowest BCUT2D eigenvalue weighted by Crippen LogP contribution is -2.40. The summed E-state index contributed by atoms with van der Waals surface area (Å²) in [5.74, 6) is -2.52. The first-order valence-electron chi connectivity index (χ1n) is 9.16. The van der Waals surface area contributed by atoms with Crippen molar-refractivity contribution in [1.82, 2.24) is 19.5 Å². The van der Waals surface area contributed by atoms with Crippen molar-refractivity contribution < 1.29 is 42.9 Å². The van der Waals surface area contributed by atoms with Gasteiger partial charge in [0.05, 0.1) is 6.33 Å². The zero-order valence-electron chi connectivity index (χ0n) is 17.1. The molecular weight excluding hydrogens is 416 g/mol. The second-order valence-electron chi connectivity index (χ2n) is 6.61. The van der Waals surface area contributed by atoms with Gasteiger partial charge in [0.1, 0.15) is 19.0 Å². The number of fused-ring (bicyclic) bond motifs is 1. The molecule has 13 heteroatoms. The van der Waals surface area contributed by atoms with Gasteiger partial charge in [-0.25, -0.2) is 9.97 Å². The van der Waals surface area contributed by atoms with Crippen molar-refractivity contribution in [3.8, 4) is 5.88 Å². The van der Waals surface area contributed by atoms with Crippen molar-refractivity contribution in [1.29, 1.82) is 0 Å². The van der Waals surface area contributed by atoms with E-state index >= 15 is 0 Å². The van der Waals surface area contributed by atoms with E-state index in [1.54, 1.807) is 0 Å². The number of carbonyl (C=O) groups excluding carboxylic acids is 4. The lowest BCUT2D eigenvalue weighted by molar-refractivity contribution is -0.166. The highest BCUT2D eigenvalue weighted by atomic mass is 16.7. The van der Waals surface area contributed by atoms with Crippen molar-refractivity contribution in [2.75, 3.05) is 6.61 Å². The number of hydrogen-bond donors (Lipinski definition) is 0. The molecule has 0 bridgehead atoms. The van der Waals surface area contributed by atoms with Crippen molar-refractivity contribution in [2.24, 2.45) is 0 Å². The van der Waals surface area contributed by atoms with Gasteiger partial charge in [0.25, 0.3) is 5.88 Å². The number of esters is 4. The van der Waals surface area contributed by atoms with Crippen molar-refractivity contribution in [2.45, 2.75) is 52.2 Å². The predicted molar refractivity (Wildman–Crippen MR) is 98.3 cm³/mol. The van der Waals surface area contributed by atoms with Gasteiger partial charge in [0, 0.05) is 27.7 Å². The van der Waals surface area contributed by atoms with Gasteiger partial charge in [-0.2, -0.15) is 4.98 Å². The van der Waals surface area contributed by atoms with Crippen LogP contribution in [0.1, 0.15) is 33.9 Å². The van der Waals surface area contributed by atoms with Crippen LogP contribution in [-0.2, 0) is 38.1 Å². The van der Waals surface area contributed by atoms with Crippen LogP contribution >= 0.6 is 0 Å². The normalized spacial score (nSPS) is 22.7. The molecule has 1 saturated heterocycles. The number of imidazole rings is 1. The Morgan fingerprint density at radius 3 is 2.23 bits per heavy atom. The molecule has 2 aromatic rings. The summed E-state index contributed by atoms with van der Waals surface area (Å²) in [7, 11) is 0. The van der Waals surface area contributed by atoms with E-state index < -0.39 is 48.4 Å². The molecular formula is C18H20N4O9. The first-order chi connectivity index (χ1) is 14.7. The van der Waals surface area contributed by atoms with Gasteiger partial charge in [-0.3, -0.25) is 23.7 Å². The van der Waals surface area contributed by atoms with Crippen LogP contribution < -0.4 is 4.74 Å². The molecule has 0 unspecified atom stereocenters. The Morgan fingerprint density at radius 1 is 0.935 bits per heavy atom. The highest BCUT2D eigenvalue weighted by molar-refractivity contribution is 5.80. The molecule has 2 aromatic heterocycles. The number of ether oxygens (including phenoxy) is 5. The fourth-order valence-corrected chi connectivity index (χ4v) is 3.14. The third-order valence-corrected chi connectivity index (χ3v) is 4.18. The second-order valence-corrected chi connectivity index (χ2v) is 6.61. The highest BCUT2D eigenvalue weighted by Gasteiger charge is 2.51. The van der Waals surface area contributed by atoms with Crippen LogP contribution in [-0.4, -0.2) is 68.3 Å². The van der Waals surface area contributed by atoms with Gasteiger partial charge in [-0.1, -0.05) is 0 Å². The third kappa shape index (κ3) is 4.94. The van der Waals surface area contributed by atoms with Crippen LogP contribution in [0.15, 0.2) is 12.7 Å². The summed E-state index contributed by atoms with van der Waals surface area (Å²) in [6, 6.07) is 0. The van der Waals surface area contributed by atoms with E-state index in [-0.39, 0.29) is 23.7 Å². The second kappa shape index (κ2) is 9.04. The van der Waals surface area contributed by atoms with Gasteiger partial charge >= 0.3 is 23.9 Å². The molecule has 1 fully saturated rings. The summed E-state index contributed by atoms with van der Waals surface area (Å²) < 4.78 is 28.1. The Bertz CT molecular complexity index is 1020. The maximum absolute atomic E-state index is 11.7. The summed E-state index contributed by atoms with van der Waals surface area (Å²) in [4.78, 5) is 58.2. The summed E-state index contributed by atoms with van der Waals surface area (Å²) in [5.41, 5.74) is 0.374. The topological polar surface area (TPSA) is 158 Å². The Morgan fingerprint density at radius 2 is 1.61 bits per heavy atom. The number of carbonyl (C=O) groups is 4. The molecule has 0 aliphatic carbocycles. The lowest BCUT2D eigenvalue weighted by atomic mass is 10.1. The molecule has 3 heterocycles. The predicted octanol–water partition coefficient (Wildman–Crippen LogP) is 0.0755. The molecule has 166 valence electrons. The van der Waals surface area contributed by atoms with Crippen LogP contribution in [0.2, 0.25) is 0 Å². The van der Waals surface area contributed by atoms with Crippen LogP contribution in [0.25, 0.3) is 11.2 Å². The minimum absolute atomic E-state index is 0.0636. The first kappa shape index (κ1) is 22.1. The lowest BCUT2D eigenvalue weighted by Gasteiger charge is -2.23. The fourth-order valence-electron chi connectivity index (χ4n) is 3.14. The van der Waals surface area contributed by atoms with Gasteiger partial charge in [-0.15, -0.1) is 0 Å². The zero-order valence-corrected chi connectivity index (χ0v) is 17.1. The average Bonchev–Trinajstić information content (AvgIpc) is 3.22. The Kier molecular flexibility index (Phi) is 6.44. The van der Waals surface area contributed by atoms with E-state index in [1.807, 2.05) is 0 Å². The van der Waals surface area contributed by atoms with E-state index in [2.05, 4.69) is 15.0 Å². The summed E-state index contributed by atoms with van der Waals surface area (Å²) in [6.45, 7) is 4.56. The van der Waals surface area contributed by atoms with Crippen LogP contribution in [0.4, 0.5) is 0 Å². The summed E-state index contributed by atoms with van der Waals surface area (Å²) in [6.07, 6.45) is -1.67. The summed E-state index contributed by atoms with van der Waals surface area (Å²) in [5, 5.41) is 0. The molecule has 0 spiro atoms. The first-order valence-corrected chi connectivity index (χ1v) is 9.16. The molecule has 0 N–H and O–H groups in total. The van der Waals surface area contributed by atoms with E-state index in [0.717, 1.165) is 6.33 Å². The average molecular weight is 436 g/mol. The largest absolute Gasteiger partial charge is 0.463 e. The smallest absolute Gasteiger partial charge is 0.309 e. The van der Waals surface area contributed by atoms with Gasteiger partial charge in [0.15, 0.2) is 29.6 Å².